The minimum atomic E-state index is -0.159. The quantitative estimate of drug-likeness (QED) is 0.361. The third-order valence-electron chi connectivity index (χ3n) is 6.74. The molecule has 0 aliphatic heterocycles. The average Bonchev–Trinajstić information content (AvgIpc) is 3.13. The molecular weight excluding hydrogens is 422 g/mol. The van der Waals surface area contributed by atoms with Gasteiger partial charge in [0.05, 0.1) is 0 Å². The molecule has 34 heavy (non-hydrogen) atoms. The number of carbonyl (C=O) groups is 2. The van der Waals surface area contributed by atoms with Crippen LogP contribution in [0.3, 0.4) is 0 Å². The molecule has 1 aromatic heterocycles. The van der Waals surface area contributed by atoms with Crippen molar-refractivity contribution in [3.63, 3.8) is 0 Å². The van der Waals surface area contributed by atoms with Gasteiger partial charge in [0.15, 0.2) is 0 Å². The third kappa shape index (κ3) is 4.46. The summed E-state index contributed by atoms with van der Waals surface area (Å²) in [5, 5.41) is 7.00. The normalized spacial score (nSPS) is 13.5. The van der Waals surface area contributed by atoms with Crippen molar-refractivity contribution in [3.8, 4) is 0 Å². The van der Waals surface area contributed by atoms with Crippen LogP contribution in [0.4, 0.5) is 11.4 Å². The molecule has 1 aliphatic rings. The number of nitrogens with one attached hydrogen (secondary N) is 2. The molecule has 2 N–H and O–H groups in total. The summed E-state index contributed by atoms with van der Waals surface area (Å²) in [6.45, 7) is 4.76. The molecule has 0 bridgehead atoms. The Morgan fingerprint density at radius 1 is 0.882 bits per heavy atom. The lowest BCUT2D eigenvalue weighted by Gasteiger charge is -2.24. The number of anilines is 2. The van der Waals surface area contributed by atoms with E-state index in [9.17, 15) is 9.59 Å². The lowest BCUT2D eigenvalue weighted by Crippen LogP contribution is -2.27. The highest BCUT2D eigenvalue weighted by molar-refractivity contribution is 6.07. The molecule has 0 spiro atoms. The van der Waals surface area contributed by atoms with E-state index in [-0.39, 0.29) is 17.7 Å². The summed E-state index contributed by atoms with van der Waals surface area (Å²) in [7, 11) is 0. The average molecular weight is 452 g/mol. The van der Waals surface area contributed by atoms with Crippen molar-refractivity contribution >= 4 is 34.1 Å². The van der Waals surface area contributed by atoms with Crippen LogP contribution in [0.25, 0.3) is 10.9 Å². The van der Waals surface area contributed by atoms with Crippen molar-refractivity contribution in [1.82, 2.24) is 4.57 Å². The van der Waals surface area contributed by atoms with Crippen LogP contribution in [0.15, 0.2) is 72.8 Å². The van der Waals surface area contributed by atoms with Crippen LogP contribution in [-0.2, 0) is 11.3 Å². The first-order valence-corrected chi connectivity index (χ1v) is 11.8. The largest absolute Gasteiger partial charge is 0.332 e. The molecule has 1 heterocycles. The van der Waals surface area contributed by atoms with Crippen LogP contribution < -0.4 is 10.6 Å². The van der Waals surface area contributed by atoms with Gasteiger partial charge in [0, 0.05) is 34.7 Å². The molecule has 3 aromatic carbocycles. The Hall–Kier alpha value is -3.86. The highest BCUT2D eigenvalue weighted by Gasteiger charge is 2.25. The summed E-state index contributed by atoms with van der Waals surface area (Å²) in [5.74, 6) is 0.0482. The number of rotatable bonds is 6. The number of amides is 2. The maximum Gasteiger partial charge on any atom is 0.272 e. The summed E-state index contributed by atoms with van der Waals surface area (Å²) in [6, 6.07) is 23.7. The van der Waals surface area contributed by atoms with Gasteiger partial charge in [-0.1, -0.05) is 48.4 Å². The molecule has 4 aromatic rings. The molecule has 172 valence electrons. The number of hydrogen-bond acceptors (Lipinski definition) is 2. The van der Waals surface area contributed by atoms with E-state index >= 15 is 0 Å². The van der Waals surface area contributed by atoms with Crippen molar-refractivity contribution in [2.45, 2.75) is 39.7 Å². The van der Waals surface area contributed by atoms with E-state index in [4.69, 9.17) is 0 Å². The van der Waals surface area contributed by atoms with E-state index in [0.717, 1.165) is 41.5 Å². The zero-order chi connectivity index (χ0) is 23.7. The standard InChI is InChI=1S/C29H29N3O2/c1-19-11-12-20(2)23(15-19)18-32-26-14-13-25(31-28(33)21-7-6-8-21)16-22(26)17-27(32)29(34)30-24-9-4-3-5-10-24/h3-5,9-17,21H,6-8,18H2,1-2H3,(H,30,34)(H,31,33). The summed E-state index contributed by atoms with van der Waals surface area (Å²) >= 11 is 0. The second-order valence-electron chi connectivity index (χ2n) is 9.26. The molecule has 5 nitrogen and oxygen atoms in total. The number of carbonyl (C=O) groups excluding carboxylic acids is 2. The van der Waals surface area contributed by atoms with E-state index in [2.05, 4.69) is 47.2 Å². The van der Waals surface area contributed by atoms with E-state index in [1.807, 2.05) is 54.6 Å². The number of nitrogens with zero attached hydrogens (tertiary/aromatic N) is 1. The SMILES string of the molecule is Cc1ccc(C)c(Cn2c(C(=O)Nc3ccccc3)cc3cc(NC(=O)C4CCC4)ccc32)c1. The Labute approximate surface area is 199 Å². The van der Waals surface area contributed by atoms with Crippen molar-refractivity contribution in [2.24, 2.45) is 5.92 Å². The summed E-state index contributed by atoms with van der Waals surface area (Å²) < 4.78 is 2.06. The van der Waals surface area contributed by atoms with Crippen molar-refractivity contribution in [3.05, 3.63) is 95.2 Å². The Morgan fingerprint density at radius 2 is 1.68 bits per heavy atom. The zero-order valence-corrected chi connectivity index (χ0v) is 19.6. The molecule has 5 rings (SSSR count). The van der Waals surface area contributed by atoms with Gasteiger partial charge in [-0.2, -0.15) is 0 Å². The Kier molecular flexibility index (Phi) is 5.93. The monoisotopic (exact) mass is 451 g/mol. The number of aromatic nitrogens is 1. The molecule has 1 fully saturated rings. The van der Waals surface area contributed by atoms with Crippen LogP contribution in [0.1, 0.15) is 46.4 Å². The van der Waals surface area contributed by atoms with Gasteiger partial charge in [-0.15, -0.1) is 0 Å². The van der Waals surface area contributed by atoms with Crippen LogP contribution in [0.5, 0.6) is 0 Å². The Balaban J connectivity index is 1.53. The fraction of sp³-hybridized carbons (Fsp3) is 0.241. The lowest BCUT2D eigenvalue weighted by molar-refractivity contribution is -0.122. The van der Waals surface area contributed by atoms with Gasteiger partial charge in [-0.05, 0) is 74.2 Å². The fourth-order valence-electron chi connectivity index (χ4n) is 4.48. The Bertz CT molecular complexity index is 1370. The lowest BCUT2D eigenvalue weighted by atomic mass is 9.85. The maximum atomic E-state index is 13.3. The molecule has 0 atom stereocenters. The topological polar surface area (TPSA) is 63.1 Å². The number of benzene rings is 3. The van der Waals surface area contributed by atoms with E-state index in [1.165, 1.54) is 16.7 Å². The second-order valence-corrected chi connectivity index (χ2v) is 9.26. The van der Waals surface area contributed by atoms with Crippen LogP contribution in [-0.4, -0.2) is 16.4 Å². The van der Waals surface area contributed by atoms with Gasteiger partial charge in [0.25, 0.3) is 5.91 Å². The minimum Gasteiger partial charge on any atom is -0.332 e. The highest BCUT2D eigenvalue weighted by Crippen LogP contribution is 2.30. The van der Waals surface area contributed by atoms with Gasteiger partial charge in [-0.25, -0.2) is 0 Å². The molecule has 2 amide bonds. The van der Waals surface area contributed by atoms with E-state index in [0.29, 0.717) is 12.2 Å². The number of para-hydroxylation sites is 1. The van der Waals surface area contributed by atoms with E-state index < -0.39 is 0 Å². The maximum absolute atomic E-state index is 13.3. The smallest absolute Gasteiger partial charge is 0.272 e. The zero-order valence-electron chi connectivity index (χ0n) is 19.6. The summed E-state index contributed by atoms with van der Waals surface area (Å²) in [4.78, 5) is 25.8. The van der Waals surface area contributed by atoms with Crippen molar-refractivity contribution < 1.29 is 9.59 Å². The van der Waals surface area contributed by atoms with E-state index in [1.54, 1.807) is 0 Å². The molecule has 1 saturated carbocycles. The van der Waals surface area contributed by atoms with Crippen LogP contribution in [0.2, 0.25) is 0 Å². The van der Waals surface area contributed by atoms with Crippen LogP contribution >= 0.6 is 0 Å². The summed E-state index contributed by atoms with van der Waals surface area (Å²) in [6.07, 6.45) is 3.05. The van der Waals surface area contributed by atoms with Gasteiger partial charge in [0.2, 0.25) is 5.91 Å². The third-order valence-corrected chi connectivity index (χ3v) is 6.74. The van der Waals surface area contributed by atoms with Gasteiger partial charge < -0.3 is 15.2 Å². The van der Waals surface area contributed by atoms with Gasteiger partial charge in [0.1, 0.15) is 5.69 Å². The molecule has 0 radical (unpaired) electrons. The second kappa shape index (κ2) is 9.18. The number of aryl methyl sites for hydroxylation is 2. The minimum absolute atomic E-state index is 0.0856. The molecule has 1 aliphatic carbocycles. The van der Waals surface area contributed by atoms with Gasteiger partial charge in [-0.3, -0.25) is 9.59 Å². The van der Waals surface area contributed by atoms with Crippen molar-refractivity contribution in [1.29, 1.82) is 0 Å². The summed E-state index contributed by atoms with van der Waals surface area (Å²) in [5.41, 5.74) is 6.61. The first kappa shape index (κ1) is 22.0. The predicted molar refractivity (Wildman–Crippen MR) is 137 cm³/mol. The van der Waals surface area contributed by atoms with Crippen LogP contribution in [0, 0.1) is 19.8 Å². The molecule has 0 unspecified atom stereocenters. The highest BCUT2D eigenvalue weighted by atomic mass is 16.2. The first-order valence-electron chi connectivity index (χ1n) is 11.8. The predicted octanol–water partition coefficient (Wildman–Crippen LogP) is 6.30. The molecule has 5 heteroatoms. The van der Waals surface area contributed by atoms with Crippen molar-refractivity contribution in [2.75, 3.05) is 10.6 Å². The first-order chi connectivity index (χ1) is 16.5. The molecule has 0 saturated heterocycles. The van der Waals surface area contributed by atoms with Gasteiger partial charge >= 0.3 is 0 Å². The fourth-order valence-corrected chi connectivity index (χ4v) is 4.48. The Morgan fingerprint density at radius 3 is 2.41 bits per heavy atom. The number of fused-ring (bicyclic) bond motifs is 1. The molecular formula is C29H29N3O2. The number of hydrogen-bond donors (Lipinski definition) is 2.